The first-order chi connectivity index (χ1) is 18.7. The number of nitrogens with one attached hydrogen (secondary N) is 2. The van der Waals surface area contributed by atoms with Crippen LogP contribution in [0, 0.1) is 0 Å². The van der Waals surface area contributed by atoms with Crippen LogP contribution in [0.15, 0.2) is 59.9 Å². The molecule has 1 saturated carbocycles. The van der Waals surface area contributed by atoms with Gasteiger partial charge in [-0.3, -0.25) is 4.90 Å². The van der Waals surface area contributed by atoms with Gasteiger partial charge >= 0.3 is 0 Å². The molecule has 38 heavy (non-hydrogen) atoms. The molecule has 4 aliphatic rings. The Balaban J connectivity index is 1.13. The summed E-state index contributed by atoms with van der Waals surface area (Å²) in [5.74, 6) is 0.456. The van der Waals surface area contributed by atoms with Crippen molar-refractivity contribution in [3.63, 3.8) is 0 Å². The summed E-state index contributed by atoms with van der Waals surface area (Å²) in [7, 11) is 0. The Hall–Kier alpha value is -3.76. The highest BCUT2D eigenvalue weighted by Gasteiger charge is 2.33. The first-order valence-corrected chi connectivity index (χ1v) is 13.6. The molecular formula is C28H33N9O. The fourth-order valence-corrected chi connectivity index (χ4v) is 6.19. The van der Waals surface area contributed by atoms with Crippen molar-refractivity contribution in [3.05, 3.63) is 60.6 Å². The standard InChI is InChI=1S/C28H33N9O/c29-26-24-25(18-6-11-22-23(16-18)38-28(34-22)33-19-4-2-1-3-5-19)35-37(27(24)32-17-31-26)21-9-7-20(8-10-21)36-14-12-30-13-15-36/h1-6,11,16-17,20-23,30H,7-10,12-15H2,(H,33,34)(H2,29,31,32)/t20-,21-,22?,23?. The second-order valence-corrected chi connectivity index (χ2v) is 10.5. The first kappa shape index (κ1) is 23.4. The van der Waals surface area contributed by atoms with Crippen molar-refractivity contribution in [2.75, 3.05) is 37.2 Å². The van der Waals surface area contributed by atoms with E-state index in [0.29, 0.717) is 23.9 Å². The lowest BCUT2D eigenvalue weighted by molar-refractivity contribution is 0.121. The van der Waals surface area contributed by atoms with Gasteiger partial charge in [0.1, 0.15) is 30.0 Å². The molecule has 2 unspecified atom stereocenters. The van der Waals surface area contributed by atoms with Gasteiger partial charge < -0.3 is 21.1 Å². The average molecular weight is 512 g/mol. The van der Waals surface area contributed by atoms with E-state index in [1.54, 1.807) is 6.33 Å². The monoisotopic (exact) mass is 511 g/mol. The summed E-state index contributed by atoms with van der Waals surface area (Å²) < 4.78 is 8.26. The number of hydrogen-bond donors (Lipinski definition) is 3. The molecular weight excluding hydrogens is 478 g/mol. The molecule has 1 saturated heterocycles. The van der Waals surface area contributed by atoms with Gasteiger partial charge in [-0.15, -0.1) is 0 Å². The molecule has 4 N–H and O–H groups in total. The second-order valence-electron chi connectivity index (χ2n) is 10.5. The van der Waals surface area contributed by atoms with Crippen LogP contribution in [0.25, 0.3) is 16.6 Å². The molecule has 2 aromatic heterocycles. The van der Waals surface area contributed by atoms with Crippen LogP contribution >= 0.6 is 0 Å². The number of benzene rings is 1. The maximum atomic E-state index is 6.41. The molecule has 2 fully saturated rings. The van der Waals surface area contributed by atoms with Crippen molar-refractivity contribution < 1.29 is 4.74 Å². The van der Waals surface area contributed by atoms with Crippen LogP contribution in [0.4, 0.5) is 11.5 Å². The van der Waals surface area contributed by atoms with Crippen molar-refractivity contribution in [2.45, 2.75) is 49.9 Å². The Bertz CT molecular complexity index is 1400. The molecule has 196 valence electrons. The zero-order valence-corrected chi connectivity index (χ0v) is 21.3. The summed E-state index contributed by atoms with van der Waals surface area (Å²) in [6.45, 7) is 4.47. The molecule has 10 heteroatoms. The Morgan fingerprint density at radius 2 is 1.79 bits per heavy atom. The Labute approximate surface area is 221 Å². The van der Waals surface area contributed by atoms with Gasteiger partial charge in [0, 0.05) is 43.5 Å². The first-order valence-electron chi connectivity index (χ1n) is 13.6. The van der Waals surface area contributed by atoms with E-state index in [9.17, 15) is 0 Å². The van der Waals surface area contributed by atoms with Gasteiger partial charge in [0.05, 0.1) is 11.4 Å². The number of aromatic nitrogens is 4. The van der Waals surface area contributed by atoms with E-state index in [2.05, 4.69) is 48.4 Å². The number of hydrogen-bond acceptors (Lipinski definition) is 9. The minimum atomic E-state index is -0.207. The number of aliphatic imine (C=N–C) groups is 1. The molecule has 2 aliphatic carbocycles. The van der Waals surface area contributed by atoms with Crippen LogP contribution in [0.1, 0.15) is 37.4 Å². The molecule has 2 aliphatic heterocycles. The molecule has 0 amide bonds. The molecule has 2 atom stereocenters. The number of para-hydroxylation sites is 1. The van der Waals surface area contributed by atoms with Crippen LogP contribution in [0.3, 0.4) is 0 Å². The summed E-state index contributed by atoms with van der Waals surface area (Å²) in [4.78, 5) is 16.3. The predicted molar refractivity (Wildman–Crippen MR) is 149 cm³/mol. The average Bonchev–Trinajstić information content (AvgIpc) is 3.56. The second kappa shape index (κ2) is 9.85. The lowest BCUT2D eigenvalue weighted by Crippen LogP contribution is -2.49. The molecule has 3 aromatic rings. The fraction of sp³-hybridized carbons (Fsp3) is 0.429. The van der Waals surface area contributed by atoms with E-state index in [-0.39, 0.29) is 12.1 Å². The van der Waals surface area contributed by atoms with Crippen molar-refractivity contribution in [3.8, 4) is 0 Å². The molecule has 0 spiro atoms. The summed E-state index contributed by atoms with van der Waals surface area (Å²) >= 11 is 0. The van der Waals surface area contributed by atoms with Gasteiger partial charge in [-0.1, -0.05) is 30.4 Å². The van der Waals surface area contributed by atoms with Crippen molar-refractivity contribution >= 4 is 34.1 Å². The zero-order chi connectivity index (χ0) is 25.5. The number of nitrogens with two attached hydrogens (primary N) is 1. The molecule has 0 radical (unpaired) electrons. The molecule has 0 bridgehead atoms. The smallest absolute Gasteiger partial charge is 0.290 e. The molecule has 7 rings (SSSR count). The van der Waals surface area contributed by atoms with Crippen molar-refractivity contribution in [1.82, 2.24) is 30.0 Å². The number of allylic oxidation sites excluding steroid dienone is 2. The third-order valence-electron chi connectivity index (χ3n) is 8.16. The van der Waals surface area contributed by atoms with E-state index in [0.717, 1.165) is 67.0 Å². The van der Waals surface area contributed by atoms with Crippen LogP contribution in [0.5, 0.6) is 0 Å². The number of fused-ring (bicyclic) bond motifs is 2. The minimum Gasteiger partial charge on any atom is -0.455 e. The highest BCUT2D eigenvalue weighted by atomic mass is 16.5. The maximum Gasteiger partial charge on any atom is 0.290 e. The van der Waals surface area contributed by atoms with Gasteiger partial charge in [0.15, 0.2) is 5.65 Å². The number of rotatable bonds is 4. The fourth-order valence-electron chi connectivity index (χ4n) is 6.19. The minimum absolute atomic E-state index is 0.0767. The lowest BCUT2D eigenvalue weighted by Gasteiger charge is -2.39. The number of amidine groups is 1. The van der Waals surface area contributed by atoms with Crippen molar-refractivity contribution in [1.29, 1.82) is 0 Å². The normalized spacial score (nSPS) is 27.5. The number of piperazine rings is 1. The Morgan fingerprint density at radius 3 is 2.61 bits per heavy atom. The van der Waals surface area contributed by atoms with Crippen molar-refractivity contribution in [2.24, 2.45) is 4.99 Å². The van der Waals surface area contributed by atoms with Gasteiger partial charge in [0.25, 0.3) is 6.02 Å². The van der Waals surface area contributed by atoms with E-state index in [1.807, 2.05) is 30.3 Å². The van der Waals surface area contributed by atoms with E-state index in [4.69, 9.17) is 20.6 Å². The Kier molecular flexibility index (Phi) is 6.05. The third-order valence-corrected chi connectivity index (χ3v) is 8.16. The topological polar surface area (TPSA) is 119 Å². The highest BCUT2D eigenvalue weighted by molar-refractivity contribution is 5.98. The van der Waals surface area contributed by atoms with Crippen LogP contribution in [-0.4, -0.2) is 75.0 Å². The van der Waals surface area contributed by atoms with Gasteiger partial charge in [-0.2, -0.15) is 5.10 Å². The van der Waals surface area contributed by atoms with E-state index in [1.165, 1.54) is 12.8 Å². The number of nitrogens with zero attached hydrogens (tertiary/aromatic N) is 6. The third kappa shape index (κ3) is 4.33. The SMILES string of the molecule is Nc1ncnc2c1c(C1=CC3OC(Nc4ccccc4)=NC3C=C1)nn2[C@H]1CC[C@H](N2CCNCC2)CC1. The highest BCUT2D eigenvalue weighted by Crippen LogP contribution is 2.37. The summed E-state index contributed by atoms with van der Waals surface area (Å²) in [6.07, 6.45) is 12.1. The summed E-state index contributed by atoms with van der Waals surface area (Å²) in [5, 5.41) is 12.7. The lowest BCUT2D eigenvalue weighted by atomic mass is 9.90. The summed E-state index contributed by atoms with van der Waals surface area (Å²) in [5.41, 5.74) is 9.93. The van der Waals surface area contributed by atoms with Gasteiger partial charge in [0.2, 0.25) is 0 Å². The van der Waals surface area contributed by atoms with Crippen LogP contribution in [0.2, 0.25) is 0 Å². The van der Waals surface area contributed by atoms with Crippen LogP contribution < -0.4 is 16.4 Å². The number of ether oxygens (including phenoxy) is 1. The largest absolute Gasteiger partial charge is 0.455 e. The maximum absolute atomic E-state index is 6.41. The zero-order valence-electron chi connectivity index (χ0n) is 21.3. The summed E-state index contributed by atoms with van der Waals surface area (Å²) in [6, 6.07) is 11.3. The van der Waals surface area contributed by atoms with Crippen LogP contribution in [-0.2, 0) is 4.74 Å². The molecule has 10 nitrogen and oxygen atoms in total. The number of anilines is 2. The van der Waals surface area contributed by atoms with Gasteiger partial charge in [-0.25, -0.2) is 19.6 Å². The van der Waals surface area contributed by atoms with E-state index < -0.39 is 0 Å². The molecule has 4 heterocycles. The quantitative estimate of drug-likeness (QED) is 0.489. The van der Waals surface area contributed by atoms with E-state index >= 15 is 0 Å². The number of nitrogen functional groups attached to an aromatic ring is 1. The Morgan fingerprint density at radius 1 is 1.00 bits per heavy atom. The molecule has 1 aromatic carbocycles. The van der Waals surface area contributed by atoms with Gasteiger partial charge in [-0.05, 0) is 43.9 Å². The predicted octanol–water partition coefficient (Wildman–Crippen LogP) is 2.99.